The van der Waals surface area contributed by atoms with Crippen molar-refractivity contribution in [3.05, 3.63) is 76.9 Å². The number of carbonyl (C=O) groups is 2. The van der Waals surface area contributed by atoms with Gasteiger partial charge in [0.25, 0.3) is 0 Å². The van der Waals surface area contributed by atoms with E-state index in [1.54, 1.807) is 24.3 Å². The lowest BCUT2D eigenvalue weighted by Gasteiger charge is -2.36. The smallest absolute Gasteiger partial charge is 0.340 e. The number of fused-ring (bicyclic) bond motifs is 6. The molecule has 2 atom stereocenters. The number of amides is 1. The van der Waals surface area contributed by atoms with Gasteiger partial charge in [-0.1, -0.05) is 6.07 Å². The number of hydrogen-bond donors (Lipinski definition) is 4. The number of phenols is 2. The standard InChI is InChI=1S/C24H20N2O8S2/c1-36(31,35)32-11-19(25)22(29)26-12-2-5-16-15(8-12)23(30)34-24(16)17-6-3-13(27)9-20(17)33-21-10-14(28)4-7-18(21)24/h2-10,19,27-28H,11,25H2,1H3,(H,26,29)/t19-,36?/m1/s1. The zero-order valence-electron chi connectivity index (χ0n) is 18.7. The average Bonchev–Trinajstić information content (AvgIpc) is 3.08. The van der Waals surface area contributed by atoms with Crippen LogP contribution in [-0.2, 0) is 39.3 Å². The van der Waals surface area contributed by atoms with Crippen molar-refractivity contribution in [1.82, 2.24) is 0 Å². The Labute approximate surface area is 210 Å². The summed E-state index contributed by atoms with van der Waals surface area (Å²) >= 11 is 4.65. The molecule has 0 saturated carbocycles. The van der Waals surface area contributed by atoms with Gasteiger partial charge in [0.05, 0.1) is 12.2 Å². The molecule has 0 aliphatic carbocycles. The molecule has 0 radical (unpaired) electrons. The number of aromatic hydroxyl groups is 2. The van der Waals surface area contributed by atoms with Crippen molar-refractivity contribution in [3.8, 4) is 23.0 Å². The monoisotopic (exact) mass is 528 g/mol. The molecule has 0 fully saturated rings. The van der Waals surface area contributed by atoms with E-state index in [-0.39, 0.29) is 40.9 Å². The van der Waals surface area contributed by atoms with Gasteiger partial charge in [0, 0.05) is 52.0 Å². The number of nitrogens with one attached hydrogen (secondary N) is 1. The number of esters is 1. The predicted molar refractivity (Wildman–Crippen MR) is 132 cm³/mol. The van der Waals surface area contributed by atoms with E-state index < -0.39 is 32.3 Å². The summed E-state index contributed by atoms with van der Waals surface area (Å²) in [6.45, 7) is -0.339. The third-order valence-electron chi connectivity index (χ3n) is 5.84. The number of rotatable bonds is 5. The summed E-state index contributed by atoms with van der Waals surface area (Å²) in [4.78, 5) is 25.6. The molecule has 2 aliphatic heterocycles. The van der Waals surface area contributed by atoms with E-state index in [4.69, 9.17) is 19.4 Å². The number of phenolic OH excluding ortho intramolecular Hbond substituents is 2. The first-order valence-electron chi connectivity index (χ1n) is 10.6. The molecule has 2 aliphatic rings. The highest BCUT2D eigenvalue weighted by Gasteiger charge is 2.53. The minimum Gasteiger partial charge on any atom is -0.508 e. The van der Waals surface area contributed by atoms with Crippen LogP contribution in [0.2, 0.25) is 0 Å². The lowest BCUT2D eigenvalue weighted by Crippen LogP contribution is -2.40. The van der Waals surface area contributed by atoms with E-state index in [9.17, 15) is 24.0 Å². The Morgan fingerprint density at radius 1 is 1.08 bits per heavy atom. The second-order valence-corrected chi connectivity index (χ2v) is 11.8. The van der Waals surface area contributed by atoms with Crippen molar-refractivity contribution < 1.29 is 37.7 Å². The average molecular weight is 529 g/mol. The van der Waals surface area contributed by atoms with Crippen molar-refractivity contribution in [2.45, 2.75) is 11.6 Å². The molecule has 2 heterocycles. The summed E-state index contributed by atoms with van der Waals surface area (Å²) in [7, 11) is -2.94. The largest absolute Gasteiger partial charge is 0.508 e. The first-order valence-corrected chi connectivity index (χ1v) is 13.4. The van der Waals surface area contributed by atoms with E-state index in [2.05, 4.69) is 16.5 Å². The number of ether oxygens (including phenoxy) is 2. The molecule has 5 N–H and O–H groups in total. The first kappa shape index (κ1) is 24.0. The molecule has 3 aromatic carbocycles. The molecule has 5 rings (SSSR count). The summed E-state index contributed by atoms with van der Waals surface area (Å²) in [5.41, 5.74) is 6.31. The number of nitrogens with two attached hydrogens (primary N) is 1. The molecule has 36 heavy (non-hydrogen) atoms. The van der Waals surface area contributed by atoms with Gasteiger partial charge >= 0.3 is 5.97 Å². The highest BCUT2D eigenvalue weighted by atomic mass is 32.8. The predicted octanol–water partition coefficient (Wildman–Crippen LogP) is 2.24. The van der Waals surface area contributed by atoms with E-state index in [1.807, 2.05) is 0 Å². The molecular formula is C24H20N2O8S2. The lowest BCUT2D eigenvalue weighted by atomic mass is 9.77. The van der Waals surface area contributed by atoms with Gasteiger partial charge in [-0.3, -0.25) is 8.98 Å². The van der Waals surface area contributed by atoms with Crippen LogP contribution in [0.1, 0.15) is 27.0 Å². The first-order chi connectivity index (χ1) is 17.0. The Morgan fingerprint density at radius 2 is 1.67 bits per heavy atom. The SMILES string of the molecule is CS(=O)(=S)OC[C@@H](N)C(=O)Nc1ccc2c(c1)C(=O)OC21c2ccc(O)cc2Oc2cc(O)ccc21. The molecule has 0 bridgehead atoms. The highest BCUT2D eigenvalue weighted by molar-refractivity contribution is 8.29. The topological polar surface area (TPSA) is 157 Å². The van der Waals surface area contributed by atoms with Crippen LogP contribution in [-0.4, -0.2) is 45.2 Å². The van der Waals surface area contributed by atoms with Crippen LogP contribution in [0.4, 0.5) is 5.69 Å². The molecule has 3 aromatic rings. The summed E-state index contributed by atoms with van der Waals surface area (Å²) in [5.74, 6) is -0.860. The van der Waals surface area contributed by atoms with E-state index >= 15 is 0 Å². The molecule has 10 nitrogen and oxygen atoms in total. The molecule has 0 aromatic heterocycles. The third kappa shape index (κ3) is 4.03. The Morgan fingerprint density at radius 3 is 2.25 bits per heavy atom. The van der Waals surface area contributed by atoms with Crippen LogP contribution in [0.3, 0.4) is 0 Å². The van der Waals surface area contributed by atoms with E-state index in [0.717, 1.165) is 0 Å². The summed E-state index contributed by atoms with van der Waals surface area (Å²) in [5, 5.41) is 22.6. The second kappa shape index (κ2) is 8.45. The highest BCUT2D eigenvalue weighted by Crippen LogP contribution is 2.57. The van der Waals surface area contributed by atoms with Crippen molar-refractivity contribution in [2.24, 2.45) is 5.73 Å². The Balaban J connectivity index is 1.55. The summed E-state index contributed by atoms with van der Waals surface area (Å²) in [6, 6.07) is 12.4. The van der Waals surface area contributed by atoms with Crippen molar-refractivity contribution in [2.75, 3.05) is 18.2 Å². The normalized spacial score (nSPS) is 17.1. The summed E-state index contributed by atoms with van der Waals surface area (Å²) < 4.78 is 28.3. The van der Waals surface area contributed by atoms with Gasteiger partial charge in [0.15, 0.2) is 5.60 Å². The zero-order valence-corrected chi connectivity index (χ0v) is 20.4. The van der Waals surface area contributed by atoms with Crippen LogP contribution < -0.4 is 15.8 Å². The number of carbonyl (C=O) groups excluding carboxylic acids is 2. The Hall–Kier alpha value is -3.71. The van der Waals surface area contributed by atoms with Crippen LogP contribution in [0.5, 0.6) is 23.0 Å². The summed E-state index contributed by atoms with van der Waals surface area (Å²) in [6.07, 6.45) is 1.21. The maximum Gasteiger partial charge on any atom is 0.340 e. The van der Waals surface area contributed by atoms with Gasteiger partial charge in [-0.25, -0.2) is 9.00 Å². The maximum atomic E-state index is 13.1. The van der Waals surface area contributed by atoms with Gasteiger partial charge in [-0.15, -0.1) is 0 Å². The maximum absolute atomic E-state index is 13.1. The number of hydrogen-bond acceptors (Lipinski definition) is 10. The van der Waals surface area contributed by atoms with Crippen molar-refractivity contribution in [3.63, 3.8) is 0 Å². The van der Waals surface area contributed by atoms with Gasteiger partial charge in [0.1, 0.15) is 37.8 Å². The minimum atomic E-state index is -2.94. The van der Waals surface area contributed by atoms with Gasteiger partial charge < -0.3 is 30.7 Å². The van der Waals surface area contributed by atoms with Crippen LogP contribution in [0, 0.1) is 0 Å². The molecule has 1 amide bonds. The number of benzene rings is 3. The van der Waals surface area contributed by atoms with Crippen LogP contribution in [0.15, 0.2) is 54.6 Å². The lowest BCUT2D eigenvalue weighted by molar-refractivity contribution is -0.117. The van der Waals surface area contributed by atoms with Crippen molar-refractivity contribution in [1.29, 1.82) is 0 Å². The molecule has 1 spiro atoms. The molecule has 186 valence electrons. The fraction of sp³-hybridized carbons (Fsp3) is 0.167. The zero-order chi connectivity index (χ0) is 25.8. The molecule has 0 saturated heterocycles. The second-order valence-electron chi connectivity index (χ2n) is 8.38. The fourth-order valence-corrected chi connectivity index (χ4v) is 4.85. The van der Waals surface area contributed by atoms with E-state index in [1.165, 1.54) is 36.6 Å². The molecule has 12 heteroatoms. The Kier molecular flexibility index (Phi) is 5.63. The van der Waals surface area contributed by atoms with Gasteiger partial charge in [-0.05, 0) is 36.4 Å². The van der Waals surface area contributed by atoms with Crippen LogP contribution in [0.25, 0.3) is 0 Å². The molecular weight excluding hydrogens is 508 g/mol. The number of anilines is 1. The van der Waals surface area contributed by atoms with Gasteiger partial charge in [-0.2, -0.15) is 0 Å². The van der Waals surface area contributed by atoms with Gasteiger partial charge in [0.2, 0.25) is 5.91 Å². The van der Waals surface area contributed by atoms with Crippen molar-refractivity contribution >= 4 is 37.5 Å². The fourth-order valence-electron chi connectivity index (χ4n) is 4.29. The third-order valence-corrected chi connectivity index (χ3v) is 6.69. The molecule has 1 unspecified atom stereocenters. The van der Waals surface area contributed by atoms with E-state index in [0.29, 0.717) is 16.7 Å². The minimum absolute atomic E-state index is 0.0506. The Bertz CT molecular complexity index is 1490. The van der Waals surface area contributed by atoms with Crippen LogP contribution >= 0.6 is 0 Å². The quantitative estimate of drug-likeness (QED) is 0.362.